The standard InChI is InChI=1S/C14H21N3S/c1-17(2)10-5-4-9-16-13-7-6-8-14(18-3)12(13)11-15/h6-8,16H,4-5,9-10H2,1-3H3. The SMILES string of the molecule is CSc1cccc(NCCCCN(C)C)c1C#N. The number of nitrogens with zero attached hydrogens (tertiary/aromatic N) is 2. The summed E-state index contributed by atoms with van der Waals surface area (Å²) < 4.78 is 0. The second-order valence-electron chi connectivity index (χ2n) is 4.43. The van der Waals surface area contributed by atoms with Gasteiger partial charge >= 0.3 is 0 Å². The largest absolute Gasteiger partial charge is 0.384 e. The second kappa shape index (κ2) is 8.02. The van der Waals surface area contributed by atoms with Crippen molar-refractivity contribution in [3.63, 3.8) is 0 Å². The van der Waals surface area contributed by atoms with Gasteiger partial charge in [0.15, 0.2) is 0 Å². The van der Waals surface area contributed by atoms with Crippen LogP contribution in [0.1, 0.15) is 18.4 Å². The topological polar surface area (TPSA) is 39.1 Å². The summed E-state index contributed by atoms with van der Waals surface area (Å²) in [4.78, 5) is 3.23. The summed E-state index contributed by atoms with van der Waals surface area (Å²) in [5.41, 5.74) is 1.71. The lowest BCUT2D eigenvalue weighted by atomic mass is 10.2. The van der Waals surface area contributed by atoms with Crippen LogP contribution in [-0.2, 0) is 0 Å². The van der Waals surface area contributed by atoms with Crippen molar-refractivity contribution in [3.8, 4) is 6.07 Å². The van der Waals surface area contributed by atoms with Gasteiger partial charge in [0.25, 0.3) is 0 Å². The van der Waals surface area contributed by atoms with Crippen LogP contribution in [0.2, 0.25) is 0 Å². The van der Waals surface area contributed by atoms with Crippen molar-refractivity contribution in [2.45, 2.75) is 17.7 Å². The van der Waals surface area contributed by atoms with E-state index in [0.717, 1.165) is 35.7 Å². The first-order valence-corrected chi connectivity index (χ1v) is 7.37. The van der Waals surface area contributed by atoms with Crippen molar-refractivity contribution >= 4 is 17.4 Å². The molecule has 0 spiro atoms. The van der Waals surface area contributed by atoms with Crippen LogP contribution in [0.4, 0.5) is 5.69 Å². The lowest BCUT2D eigenvalue weighted by Gasteiger charge is -2.12. The Kier molecular flexibility index (Phi) is 6.63. The molecule has 1 aromatic carbocycles. The van der Waals surface area contributed by atoms with Gasteiger partial charge in [-0.2, -0.15) is 5.26 Å². The van der Waals surface area contributed by atoms with Crippen molar-refractivity contribution in [2.75, 3.05) is 38.8 Å². The molecule has 0 amide bonds. The number of nitrogens with one attached hydrogen (secondary N) is 1. The number of anilines is 1. The van der Waals surface area contributed by atoms with Crippen LogP contribution in [0, 0.1) is 11.3 Å². The summed E-state index contributed by atoms with van der Waals surface area (Å²) in [6.45, 7) is 2.03. The lowest BCUT2D eigenvalue weighted by Crippen LogP contribution is -2.14. The first-order chi connectivity index (χ1) is 8.69. The molecule has 0 aromatic heterocycles. The zero-order chi connectivity index (χ0) is 13.4. The van der Waals surface area contributed by atoms with Crippen molar-refractivity contribution in [3.05, 3.63) is 23.8 Å². The maximum atomic E-state index is 9.20. The van der Waals surface area contributed by atoms with Crippen LogP contribution in [-0.4, -0.2) is 38.3 Å². The third kappa shape index (κ3) is 4.59. The van der Waals surface area contributed by atoms with Crippen LogP contribution in [0.25, 0.3) is 0 Å². The number of benzene rings is 1. The Morgan fingerprint density at radius 1 is 1.33 bits per heavy atom. The maximum absolute atomic E-state index is 9.20. The third-order valence-corrected chi connectivity index (χ3v) is 3.49. The fraction of sp³-hybridized carbons (Fsp3) is 0.500. The molecular weight excluding hydrogens is 242 g/mol. The molecule has 18 heavy (non-hydrogen) atoms. The van der Waals surface area contributed by atoms with Gasteiger partial charge in [0, 0.05) is 11.4 Å². The Morgan fingerprint density at radius 3 is 2.72 bits per heavy atom. The molecule has 98 valence electrons. The number of nitriles is 1. The molecule has 0 atom stereocenters. The highest BCUT2D eigenvalue weighted by molar-refractivity contribution is 7.98. The molecule has 1 rings (SSSR count). The average Bonchev–Trinajstić information content (AvgIpc) is 2.37. The molecule has 0 heterocycles. The van der Waals surface area contributed by atoms with Gasteiger partial charge in [0.1, 0.15) is 6.07 Å². The van der Waals surface area contributed by atoms with Crippen LogP contribution in [0.15, 0.2) is 23.1 Å². The quantitative estimate of drug-likeness (QED) is 0.606. The molecule has 1 N–H and O–H groups in total. The lowest BCUT2D eigenvalue weighted by molar-refractivity contribution is 0.396. The van der Waals surface area contributed by atoms with Gasteiger partial charge in [-0.15, -0.1) is 11.8 Å². The van der Waals surface area contributed by atoms with E-state index in [2.05, 4.69) is 30.4 Å². The Balaban J connectivity index is 2.50. The molecule has 0 bridgehead atoms. The Morgan fingerprint density at radius 2 is 2.11 bits per heavy atom. The molecule has 0 radical (unpaired) electrons. The van der Waals surface area contributed by atoms with Crippen LogP contribution >= 0.6 is 11.8 Å². The minimum Gasteiger partial charge on any atom is -0.384 e. The summed E-state index contributed by atoms with van der Waals surface area (Å²) >= 11 is 1.61. The van der Waals surface area contributed by atoms with E-state index in [1.807, 2.05) is 24.5 Å². The molecule has 0 saturated carbocycles. The van der Waals surface area contributed by atoms with E-state index in [9.17, 15) is 5.26 Å². The van der Waals surface area contributed by atoms with E-state index in [1.54, 1.807) is 11.8 Å². The zero-order valence-corrected chi connectivity index (χ0v) is 12.2. The van der Waals surface area contributed by atoms with Crippen molar-refractivity contribution in [2.24, 2.45) is 0 Å². The molecule has 4 heteroatoms. The van der Waals surface area contributed by atoms with Gasteiger partial charge in [-0.1, -0.05) is 6.07 Å². The van der Waals surface area contributed by atoms with Crippen LogP contribution < -0.4 is 5.32 Å². The van der Waals surface area contributed by atoms with Crippen molar-refractivity contribution in [1.82, 2.24) is 4.90 Å². The number of thioether (sulfide) groups is 1. The summed E-state index contributed by atoms with van der Waals surface area (Å²) in [5, 5.41) is 12.6. The highest BCUT2D eigenvalue weighted by atomic mass is 32.2. The van der Waals surface area contributed by atoms with E-state index >= 15 is 0 Å². The number of hydrogen-bond donors (Lipinski definition) is 1. The highest BCUT2D eigenvalue weighted by Gasteiger charge is 2.06. The van der Waals surface area contributed by atoms with Crippen molar-refractivity contribution in [1.29, 1.82) is 5.26 Å². The molecule has 0 unspecified atom stereocenters. The zero-order valence-electron chi connectivity index (χ0n) is 11.4. The third-order valence-electron chi connectivity index (χ3n) is 2.71. The van der Waals surface area contributed by atoms with Gasteiger partial charge in [-0.3, -0.25) is 0 Å². The fourth-order valence-electron chi connectivity index (χ4n) is 1.74. The van der Waals surface area contributed by atoms with E-state index in [4.69, 9.17) is 0 Å². The van der Waals surface area contributed by atoms with E-state index in [-0.39, 0.29) is 0 Å². The molecule has 3 nitrogen and oxygen atoms in total. The molecule has 0 fully saturated rings. The average molecular weight is 263 g/mol. The molecule has 0 aliphatic heterocycles. The monoisotopic (exact) mass is 263 g/mol. The minimum atomic E-state index is 0.762. The first-order valence-electron chi connectivity index (χ1n) is 6.14. The van der Waals surface area contributed by atoms with Crippen LogP contribution in [0.5, 0.6) is 0 Å². The summed E-state index contributed by atoms with van der Waals surface area (Å²) in [5.74, 6) is 0. The molecule has 0 aliphatic rings. The fourth-order valence-corrected chi connectivity index (χ4v) is 2.31. The molecule has 0 saturated heterocycles. The smallest absolute Gasteiger partial charge is 0.102 e. The predicted molar refractivity (Wildman–Crippen MR) is 79.2 cm³/mol. The van der Waals surface area contributed by atoms with Gasteiger partial charge in [-0.05, 0) is 51.9 Å². The summed E-state index contributed by atoms with van der Waals surface area (Å²) in [6, 6.07) is 8.24. The van der Waals surface area contributed by atoms with Crippen LogP contribution in [0.3, 0.4) is 0 Å². The molecule has 1 aromatic rings. The normalized spacial score (nSPS) is 10.4. The van der Waals surface area contributed by atoms with Gasteiger partial charge in [-0.25, -0.2) is 0 Å². The number of hydrogen-bond acceptors (Lipinski definition) is 4. The predicted octanol–water partition coefficient (Wildman–Crippen LogP) is 3.03. The maximum Gasteiger partial charge on any atom is 0.102 e. The van der Waals surface area contributed by atoms with Gasteiger partial charge < -0.3 is 10.2 Å². The highest BCUT2D eigenvalue weighted by Crippen LogP contribution is 2.26. The summed E-state index contributed by atoms with van der Waals surface area (Å²) in [7, 11) is 4.17. The first kappa shape index (κ1) is 14.9. The second-order valence-corrected chi connectivity index (χ2v) is 5.28. The Hall–Kier alpha value is -1.18. The van der Waals surface area contributed by atoms with E-state index < -0.39 is 0 Å². The number of rotatable bonds is 7. The van der Waals surface area contributed by atoms with Crippen molar-refractivity contribution < 1.29 is 0 Å². The van der Waals surface area contributed by atoms with Gasteiger partial charge in [0.2, 0.25) is 0 Å². The minimum absolute atomic E-state index is 0.762. The Labute approximate surface area is 114 Å². The Bertz CT molecular complexity index is 410. The number of unbranched alkanes of at least 4 members (excludes halogenated alkanes) is 1. The van der Waals surface area contributed by atoms with Gasteiger partial charge in [0.05, 0.1) is 11.3 Å². The van der Waals surface area contributed by atoms with E-state index in [0.29, 0.717) is 0 Å². The van der Waals surface area contributed by atoms with E-state index in [1.165, 1.54) is 6.42 Å². The molecule has 0 aliphatic carbocycles. The molecular formula is C14H21N3S. The summed E-state index contributed by atoms with van der Waals surface area (Å²) in [6.07, 6.45) is 4.29.